The summed E-state index contributed by atoms with van der Waals surface area (Å²) in [6.45, 7) is 3.95. The number of ether oxygens (including phenoxy) is 1. The highest BCUT2D eigenvalue weighted by Crippen LogP contribution is 2.02. The van der Waals surface area contributed by atoms with Crippen LogP contribution in [0.4, 0.5) is 0 Å². The molecule has 0 radical (unpaired) electrons. The highest BCUT2D eigenvalue weighted by molar-refractivity contribution is 5.92. The molecule has 102 valence electrons. The third-order valence-electron chi connectivity index (χ3n) is 2.44. The summed E-state index contributed by atoms with van der Waals surface area (Å²) in [5.74, 6) is 5.47. The van der Waals surface area contributed by atoms with Crippen LogP contribution < -0.4 is 5.73 Å². The first-order valence-corrected chi connectivity index (χ1v) is 6.17. The molecule has 1 heterocycles. The molecule has 0 fully saturated rings. The molecule has 5 heteroatoms. The Balaban J connectivity index is 2.61. The molecular weight excluding hydrogens is 242 g/mol. The summed E-state index contributed by atoms with van der Waals surface area (Å²) < 4.78 is 5.21. The summed E-state index contributed by atoms with van der Waals surface area (Å²) in [4.78, 5) is 17.7. The van der Waals surface area contributed by atoms with Crippen LogP contribution in [0.15, 0.2) is 18.3 Å². The minimum atomic E-state index is -0.127. The molecule has 0 spiro atoms. The molecular formula is C14H19N3O2. The lowest BCUT2D eigenvalue weighted by molar-refractivity contribution is 0.0704. The second-order valence-corrected chi connectivity index (χ2v) is 3.86. The number of hydrogen-bond acceptors (Lipinski definition) is 4. The highest BCUT2D eigenvalue weighted by atomic mass is 16.5. The standard InChI is InChI=1S/C14H19N3O2/c1-3-19-10-9-17(2)14(18)13-7-6-12(11-16-13)5-4-8-15/h6-7,11H,3,8-10,15H2,1-2H3. The van der Waals surface area contributed by atoms with E-state index in [1.807, 2.05) is 6.92 Å². The lowest BCUT2D eigenvalue weighted by Crippen LogP contribution is -2.30. The van der Waals surface area contributed by atoms with E-state index in [1.54, 1.807) is 30.3 Å². The van der Waals surface area contributed by atoms with E-state index in [0.29, 0.717) is 32.0 Å². The van der Waals surface area contributed by atoms with Crippen LogP contribution in [0.2, 0.25) is 0 Å². The third-order valence-corrected chi connectivity index (χ3v) is 2.44. The van der Waals surface area contributed by atoms with Crippen LogP contribution in [-0.4, -0.2) is 49.1 Å². The first kappa shape index (κ1) is 15.2. The fourth-order valence-corrected chi connectivity index (χ4v) is 1.39. The number of nitrogens with zero attached hydrogens (tertiary/aromatic N) is 2. The predicted molar refractivity (Wildman–Crippen MR) is 73.6 cm³/mol. The summed E-state index contributed by atoms with van der Waals surface area (Å²) in [5.41, 5.74) is 6.43. The summed E-state index contributed by atoms with van der Waals surface area (Å²) in [7, 11) is 1.73. The molecule has 19 heavy (non-hydrogen) atoms. The quantitative estimate of drug-likeness (QED) is 0.619. The van der Waals surface area contributed by atoms with Gasteiger partial charge in [-0.1, -0.05) is 11.8 Å². The van der Waals surface area contributed by atoms with Gasteiger partial charge in [-0.2, -0.15) is 0 Å². The second kappa shape index (κ2) is 8.25. The van der Waals surface area contributed by atoms with Crippen molar-refractivity contribution >= 4 is 5.91 Å². The SMILES string of the molecule is CCOCCN(C)C(=O)c1ccc(C#CCN)cn1. The molecule has 0 aliphatic carbocycles. The van der Waals surface area contributed by atoms with E-state index in [4.69, 9.17) is 10.5 Å². The Labute approximate surface area is 113 Å². The van der Waals surface area contributed by atoms with Crippen LogP contribution in [0, 0.1) is 11.8 Å². The fraction of sp³-hybridized carbons (Fsp3) is 0.429. The first-order chi connectivity index (χ1) is 9.19. The minimum Gasteiger partial charge on any atom is -0.380 e. The Hall–Kier alpha value is -1.90. The summed E-state index contributed by atoms with van der Waals surface area (Å²) in [6, 6.07) is 3.43. The Morgan fingerprint density at radius 2 is 2.32 bits per heavy atom. The number of carbonyl (C=O) groups is 1. The maximum Gasteiger partial charge on any atom is 0.272 e. The number of nitrogens with two attached hydrogens (primary N) is 1. The Morgan fingerprint density at radius 1 is 1.53 bits per heavy atom. The van der Waals surface area contributed by atoms with Crippen LogP contribution in [-0.2, 0) is 4.74 Å². The van der Waals surface area contributed by atoms with Crippen molar-refractivity contribution in [3.05, 3.63) is 29.6 Å². The summed E-state index contributed by atoms with van der Waals surface area (Å²) in [5, 5.41) is 0. The van der Waals surface area contributed by atoms with Gasteiger partial charge in [-0.25, -0.2) is 4.98 Å². The van der Waals surface area contributed by atoms with Gasteiger partial charge in [0.25, 0.3) is 5.91 Å². The van der Waals surface area contributed by atoms with Crippen LogP contribution in [0.5, 0.6) is 0 Å². The minimum absolute atomic E-state index is 0.127. The maximum absolute atomic E-state index is 12.0. The van der Waals surface area contributed by atoms with Crippen molar-refractivity contribution in [3.63, 3.8) is 0 Å². The van der Waals surface area contributed by atoms with Crippen molar-refractivity contribution in [2.75, 3.05) is 33.4 Å². The average Bonchev–Trinajstić information content (AvgIpc) is 2.45. The molecule has 0 unspecified atom stereocenters. The molecule has 0 saturated heterocycles. The van der Waals surface area contributed by atoms with Gasteiger partial charge in [0.1, 0.15) is 5.69 Å². The summed E-state index contributed by atoms with van der Waals surface area (Å²) in [6.07, 6.45) is 1.58. The van der Waals surface area contributed by atoms with Gasteiger partial charge < -0.3 is 15.4 Å². The van der Waals surface area contributed by atoms with E-state index in [1.165, 1.54) is 0 Å². The topological polar surface area (TPSA) is 68.5 Å². The normalized spacial score (nSPS) is 9.63. The molecule has 0 atom stereocenters. The van der Waals surface area contributed by atoms with E-state index in [2.05, 4.69) is 16.8 Å². The Bertz CT molecular complexity index is 460. The number of aromatic nitrogens is 1. The number of pyridine rings is 1. The van der Waals surface area contributed by atoms with Gasteiger partial charge >= 0.3 is 0 Å². The number of carbonyl (C=O) groups excluding carboxylic acids is 1. The molecule has 1 aromatic rings. The first-order valence-electron chi connectivity index (χ1n) is 6.17. The fourth-order valence-electron chi connectivity index (χ4n) is 1.39. The third kappa shape index (κ3) is 5.08. The monoisotopic (exact) mass is 261 g/mol. The van der Waals surface area contributed by atoms with Crippen molar-refractivity contribution in [1.82, 2.24) is 9.88 Å². The van der Waals surface area contributed by atoms with Gasteiger partial charge in [0.05, 0.1) is 13.2 Å². The second-order valence-electron chi connectivity index (χ2n) is 3.86. The van der Waals surface area contributed by atoms with Crippen molar-refractivity contribution in [3.8, 4) is 11.8 Å². The molecule has 2 N–H and O–H groups in total. The zero-order chi connectivity index (χ0) is 14.1. The summed E-state index contributed by atoms with van der Waals surface area (Å²) >= 11 is 0. The number of hydrogen-bond donors (Lipinski definition) is 1. The van der Waals surface area contributed by atoms with E-state index in [9.17, 15) is 4.79 Å². The molecule has 0 aliphatic heterocycles. The molecule has 0 aromatic carbocycles. The average molecular weight is 261 g/mol. The molecule has 1 aromatic heterocycles. The molecule has 0 saturated carbocycles. The van der Waals surface area contributed by atoms with Crippen LogP contribution in [0.3, 0.4) is 0 Å². The van der Waals surface area contributed by atoms with Crippen LogP contribution in [0.25, 0.3) is 0 Å². The molecule has 1 amide bonds. The Morgan fingerprint density at radius 3 is 2.89 bits per heavy atom. The van der Waals surface area contributed by atoms with E-state index in [-0.39, 0.29) is 5.91 Å². The lowest BCUT2D eigenvalue weighted by Gasteiger charge is -2.16. The number of amides is 1. The molecule has 1 rings (SSSR count). The Kier molecular flexibility index (Phi) is 6.58. The smallest absolute Gasteiger partial charge is 0.272 e. The van der Waals surface area contributed by atoms with Gasteiger partial charge in [-0.3, -0.25) is 4.79 Å². The number of rotatable bonds is 5. The van der Waals surface area contributed by atoms with Crippen molar-refractivity contribution in [1.29, 1.82) is 0 Å². The van der Waals surface area contributed by atoms with Crippen molar-refractivity contribution < 1.29 is 9.53 Å². The van der Waals surface area contributed by atoms with Gasteiger partial charge in [0, 0.05) is 32.0 Å². The zero-order valence-corrected chi connectivity index (χ0v) is 11.3. The van der Waals surface area contributed by atoms with Crippen molar-refractivity contribution in [2.45, 2.75) is 6.92 Å². The molecule has 5 nitrogen and oxygen atoms in total. The van der Waals surface area contributed by atoms with Gasteiger partial charge in [-0.15, -0.1) is 0 Å². The highest BCUT2D eigenvalue weighted by Gasteiger charge is 2.12. The molecule has 0 aliphatic rings. The van der Waals surface area contributed by atoms with E-state index in [0.717, 1.165) is 5.56 Å². The maximum atomic E-state index is 12.0. The lowest BCUT2D eigenvalue weighted by atomic mass is 10.2. The molecule has 0 bridgehead atoms. The predicted octanol–water partition coefficient (Wildman–Crippen LogP) is 0.500. The van der Waals surface area contributed by atoms with Crippen LogP contribution >= 0.6 is 0 Å². The van der Waals surface area contributed by atoms with Crippen molar-refractivity contribution in [2.24, 2.45) is 5.73 Å². The van der Waals surface area contributed by atoms with Gasteiger partial charge in [-0.05, 0) is 19.1 Å². The van der Waals surface area contributed by atoms with E-state index >= 15 is 0 Å². The largest absolute Gasteiger partial charge is 0.380 e. The van der Waals surface area contributed by atoms with Gasteiger partial charge in [0.15, 0.2) is 0 Å². The van der Waals surface area contributed by atoms with Crippen LogP contribution in [0.1, 0.15) is 23.0 Å². The van der Waals surface area contributed by atoms with Gasteiger partial charge in [0.2, 0.25) is 0 Å². The van der Waals surface area contributed by atoms with E-state index < -0.39 is 0 Å². The zero-order valence-electron chi connectivity index (χ0n) is 11.3. The number of likely N-dealkylation sites (N-methyl/N-ethyl adjacent to an activating group) is 1.